The number of benzene rings is 2. The van der Waals surface area contributed by atoms with Crippen LogP contribution in [0.15, 0.2) is 54.7 Å². The van der Waals surface area contributed by atoms with Gasteiger partial charge < -0.3 is 19.7 Å². The molecule has 26 heavy (non-hydrogen) atoms. The maximum absolute atomic E-state index is 13.9. The molecular formula is C20H21FN4O. The van der Waals surface area contributed by atoms with Crippen LogP contribution in [0.1, 0.15) is 0 Å². The van der Waals surface area contributed by atoms with Gasteiger partial charge in [-0.1, -0.05) is 30.3 Å². The van der Waals surface area contributed by atoms with E-state index in [4.69, 9.17) is 0 Å². The van der Waals surface area contributed by atoms with Crippen LogP contribution < -0.4 is 10.2 Å². The normalized spacial score (nSPS) is 14.7. The standard InChI is InChI=1S/C20H21FN4O/c1-23-14-17(15-6-2-4-8-18(15)23)22-20(26)25-12-10-24(11-13-25)19-9-5-3-7-16(19)21/h2-9,14H,10-13H2,1H3,(H,22,26). The van der Waals surface area contributed by atoms with Crippen LogP contribution in [0, 0.1) is 5.82 Å². The van der Waals surface area contributed by atoms with Gasteiger partial charge in [0, 0.05) is 50.3 Å². The number of amides is 2. The van der Waals surface area contributed by atoms with Gasteiger partial charge in [-0.25, -0.2) is 9.18 Å². The molecule has 0 atom stereocenters. The first-order valence-electron chi connectivity index (χ1n) is 8.73. The molecule has 1 saturated heterocycles. The maximum atomic E-state index is 13.9. The number of piperazine rings is 1. The van der Waals surface area contributed by atoms with E-state index in [-0.39, 0.29) is 11.8 Å². The van der Waals surface area contributed by atoms with Crippen molar-refractivity contribution < 1.29 is 9.18 Å². The highest BCUT2D eigenvalue weighted by Crippen LogP contribution is 2.25. The lowest BCUT2D eigenvalue weighted by atomic mass is 10.2. The minimum absolute atomic E-state index is 0.116. The number of rotatable bonds is 2. The molecule has 0 aliphatic carbocycles. The molecule has 5 nitrogen and oxygen atoms in total. The minimum atomic E-state index is -0.221. The molecule has 6 heteroatoms. The van der Waals surface area contributed by atoms with Crippen molar-refractivity contribution in [3.8, 4) is 0 Å². The second-order valence-electron chi connectivity index (χ2n) is 6.53. The molecule has 1 fully saturated rings. The minimum Gasteiger partial charge on any atom is -0.366 e. The number of carbonyl (C=O) groups is 1. The summed E-state index contributed by atoms with van der Waals surface area (Å²) in [5.74, 6) is -0.221. The predicted octanol–water partition coefficient (Wildman–Crippen LogP) is 3.67. The summed E-state index contributed by atoms with van der Waals surface area (Å²) in [5, 5.41) is 4.04. The molecule has 0 unspecified atom stereocenters. The summed E-state index contributed by atoms with van der Waals surface area (Å²) < 4.78 is 15.9. The van der Waals surface area contributed by atoms with Gasteiger partial charge in [0.2, 0.25) is 0 Å². The fraction of sp³-hybridized carbons (Fsp3) is 0.250. The van der Waals surface area contributed by atoms with Crippen molar-refractivity contribution in [3.05, 3.63) is 60.5 Å². The van der Waals surface area contributed by atoms with Gasteiger partial charge in [0.05, 0.1) is 11.4 Å². The Kier molecular flexibility index (Phi) is 4.24. The van der Waals surface area contributed by atoms with Crippen molar-refractivity contribution in [2.24, 2.45) is 7.05 Å². The summed E-state index contributed by atoms with van der Waals surface area (Å²) >= 11 is 0. The van der Waals surface area contributed by atoms with Crippen molar-refractivity contribution in [2.45, 2.75) is 0 Å². The Labute approximate surface area is 151 Å². The Bertz CT molecular complexity index is 944. The molecule has 1 N–H and O–H groups in total. The average Bonchev–Trinajstić information content (AvgIpc) is 2.98. The van der Waals surface area contributed by atoms with Gasteiger partial charge in [0.25, 0.3) is 0 Å². The lowest BCUT2D eigenvalue weighted by Gasteiger charge is -2.36. The SMILES string of the molecule is Cn1cc(NC(=O)N2CCN(c3ccccc3F)CC2)c2ccccc21. The maximum Gasteiger partial charge on any atom is 0.322 e. The van der Waals surface area contributed by atoms with Gasteiger partial charge in [-0.15, -0.1) is 0 Å². The monoisotopic (exact) mass is 352 g/mol. The quantitative estimate of drug-likeness (QED) is 0.764. The van der Waals surface area contributed by atoms with E-state index < -0.39 is 0 Å². The molecule has 2 heterocycles. The molecule has 0 saturated carbocycles. The zero-order chi connectivity index (χ0) is 18.1. The van der Waals surface area contributed by atoms with Gasteiger partial charge in [0.1, 0.15) is 5.82 Å². The third-order valence-electron chi connectivity index (χ3n) is 4.90. The Balaban J connectivity index is 1.43. The summed E-state index contributed by atoms with van der Waals surface area (Å²) in [5.41, 5.74) is 2.48. The number of carbonyl (C=O) groups excluding carboxylic acids is 1. The number of hydrogen-bond acceptors (Lipinski definition) is 2. The number of nitrogens with zero attached hydrogens (tertiary/aromatic N) is 3. The number of para-hydroxylation sites is 2. The van der Waals surface area contributed by atoms with E-state index in [1.165, 1.54) is 6.07 Å². The van der Waals surface area contributed by atoms with E-state index in [0.29, 0.717) is 31.9 Å². The number of aryl methyl sites for hydroxylation is 1. The van der Waals surface area contributed by atoms with Crippen molar-refractivity contribution in [3.63, 3.8) is 0 Å². The molecule has 0 spiro atoms. The van der Waals surface area contributed by atoms with E-state index in [0.717, 1.165) is 16.6 Å². The van der Waals surface area contributed by atoms with E-state index >= 15 is 0 Å². The first-order chi connectivity index (χ1) is 12.6. The van der Waals surface area contributed by atoms with Gasteiger partial charge in [-0.3, -0.25) is 0 Å². The first-order valence-corrected chi connectivity index (χ1v) is 8.73. The highest BCUT2D eigenvalue weighted by Gasteiger charge is 2.23. The number of hydrogen-bond donors (Lipinski definition) is 1. The fourth-order valence-electron chi connectivity index (χ4n) is 3.49. The number of fused-ring (bicyclic) bond motifs is 1. The second kappa shape index (κ2) is 6.71. The number of aromatic nitrogens is 1. The molecule has 2 amide bonds. The second-order valence-corrected chi connectivity index (χ2v) is 6.53. The molecule has 2 aromatic carbocycles. The zero-order valence-corrected chi connectivity index (χ0v) is 14.7. The largest absolute Gasteiger partial charge is 0.366 e. The molecule has 4 rings (SSSR count). The summed E-state index contributed by atoms with van der Waals surface area (Å²) in [6, 6.07) is 14.6. The highest BCUT2D eigenvalue weighted by atomic mass is 19.1. The smallest absolute Gasteiger partial charge is 0.322 e. The average molecular weight is 352 g/mol. The predicted molar refractivity (Wildman–Crippen MR) is 102 cm³/mol. The van der Waals surface area contributed by atoms with E-state index in [2.05, 4.69) is 5.32 Å². The fourth-order valence-corrected chi connectivity index (χ4v) is 3.49. The van der Waals surface area contributed by atoms with E-state index in [9.17, 15) is 9.18 Å². The first kappa shape index (κ1) is 16.4. The molecule has 0 radical (unpaired) electrons. The van der Waals surface area contributed by atoms with Crippen LogP contribution in [-0.2, 0) is 7.05 Å². The Morgan fingerprint density at radius 3 is 2.46 bits per heavy atom. The molecule has 3 aromatic rings. The van der Waals surface area contributed by atoms with Crippen LogP contribution in [-0.4, -0.2) is 41.7 Å². The summed E-state index contributed by atoms with van der Waals surface area (Å²) in [6.45, 7) is 2.35. The van der Waals surface area contributed by atoms with Crippen LogP contribution in [0.3, 0.4) is 0 Å². The van der Waals surface area contributed by atoms with Crippen LogP contribution in [0.2, 0.25) is 0 Å². The van der Waals surface area contributed by atoms with Crippen LogP contribution in [0.5, 0.6) is 0 Å². The lowest BCUT2D eigenvalue weighted by Crippen LogP contribution is -2.50. The van der Waals surface area contributed by atoms with Crippen molar-refractivity contribution >= 4 is 28.3 Å². The van der Waals surface area contributed by atoms with Gasteiger partial charge in [-0.05, 0) is 18.2 Å². The molecule has 1 aliphatic rings. The Morgan fingerprint density at radius 2 is 1.69 bits per heavy atom. The molecule has 0 bridgehead atoms. The third-order valence-corrected chi connectivity index (χ3v) is 4.90. The van der Waals surface area contributed by atoms with Crippen molar-refractivity contribution in [1.82, 2.24) is 9.47 Å². The van der Waals surface area contributed by atoms with Gasteiger partial charge >= 0.3 is 6.03 Å². The van der Waals surface area contributed by atoms with E-state index in [1.54, 1.807) is 17.0 Å². The topological polar surface area (TPSA) is 40.5 Å². The number of urea groups is 1. The summed E-state index contributed by atoms with van der Waals surface area (Å²) in [6.07, 6.45) is 1.93. The van der Waals surface area contributed by atoms with Crippen molar-refractivity contribution in [1.29, 1.82) is 0 Å². The van der Waals surface area contributed by atoms with Crippen LogP contribution in [0.4, 0.5) is 20.6 Å². The zero-order valence-electron chi connectivity index (χ0n) is 14.7. The number of halogens is 1. The van der Waals surface area contributed by atoms with Gasteiger partial charge in [0.15, 0.2) is 0 Å². The summed E-state index contributed by atoms with van der Waals surface area (Å²) in [7, 11) is 1.96. The molecular weight excluding hydrogens is 331 g/mol. The summed E-state index contributed by atoms with van der Waals surface area (Å²) in [4.78, 5) is 16.4. The lowest BCUT2D eigenvalue weighted by molar-refractivity contribution is 0.208. The number of anilines is 2. The molecule has 1 aromatic heterocycles. The molecule has 134 valence electrons. The Morgan fingerprint density at radius 1 is 1.00 bits per heavy atom. The van der Waals surface area contributed by atoms with Crippen molar-refractivity contribution in [2.75, 3.05) is 36.4 Å². The number of nitrogens with one attached hydrogen (secondary N) is 1. The van der Waals surface area contributed by atoms with Crippen LogP contribution in [0.25, 0.3) is 10.9 Å². The third kappa shape index (κ3) is 2.98. The van der Waals surface area contributed by atoms with Gasteiger partial charge in [-0.2, -0.15) is 0 Å². The van der Waals surface area contributed by atoms with Crippen LogP contribution >= 0.6 is 0 Å². The Hall–Kier alpha value is -3.02. The van der Waals surface area contributed by atoms with E-state index in [1.807, 2.05) is 53.0 Å². The highest BCUT2D eigenvalue weighted by molar-refractivity contribution is 6.01. The molecule has 1 aliphatic heterocycles.